The van der Waals surface area contributed by atoms with Crippen LogP contribution >= 0.6 is 0 Å². The maximum Gasteiger partial charge on any atom is 0.416 e. The van der Waals surface area contributed by atoms with E-state index in [2.05, 4.69) is 5.32 Å². The Morgan fingerprint density at radius 2 is 1.60 bits per heavy atom. The first-order chi connectivity index (χ1) is 20.3. The van der Waals surface area contributed by atoms with Crippen molar-refractivity contribution in [2.45, 2.75) is 56.9 Å². The Kier molecular flexibility index (Phi) is 10.1. The van der Waals surface area contributed by atoms with E-state index in [-0.39, 0.29) is 30.3 Å². The molecule has 1 aliphatic rings. The van der Waals surface area contributed by atoms with Gasteiger partial charge in [0.1, 0.15) is 18.4 Å². The summed E-state index contributed by atoms with van der Waals surface area (Å²) in [4.78, 5) is 28.9. The molecule has 1 aliphatic carbocycles. The molecule has 3 aromatic carbocycles. The van der Waals surface area contributed by atoms with Crippen LogP contribution in [0.15, 0.2) is 78.9 Å². The van der Waals surface area contributed by atoms with Gasteiger partial charge in [0.05, 0.1) is 17.5 Å². The van der Waals surface area contributed by atoms with Gasteiger partial charge in [-0.15, -0.1) is 0 Å². The zero-order valence-corrected chi connectivity index (χ0v) is 24.4. The lowest BCUT2D eigenvalue weighted by Crippen LogP contribution is -2.54. The largest absolute Gasteiger partial charge is 0.416 e. The predicted octanol–water partition coefficient (Wildman–Crippen LogP) is 5.31. The van der Waals surface area contributed by atoms with Gasteiger partial charge in [0.2, 0.25) is 21.8 Å². The van der Waals surface area contributed by atoms with Gasteiger partial charge < -0.3 is 10.2 Å². The predicted molar refractivity (Wildman–Crippen MR) is 155 cm³/mol. The zero-order chi connectivity index (χ0) is 31.2. The normalized spacial score (nSPS) is 14.7. The van der Waals surface area contributed by atoms with Crippen LogP contribution in [-0.2, 0) is 38.8 Å². The molecule has 43 heavy (non-hydrogen) atoms. The van der Waals surface area contributed by atoms with Crippen molar-refractivity contribution in [2.75, 3.05) is 17.1 Å². The van der Waals surface area contributed by atoms with Crippen LogP contribution < -0.4 is 9.62 Å². The van der Waals surface area contributed by atoms with Gasteiger partial charge in [-0.3, -0.25) is 13.9 Å². The average Bonchev–Trinajstić information content (AvgIpc) is 3.47. The highest BCUT2D eigenvalue weighted by Gasteiger charge is 2.36. The number of sulfonamides is 1. The smallest absolute Gasteiger partial charge is 0.352 e. The van der Waals surface area contributed by atoms with Crippen LogP contribution in [0.3, 0.4) is 0 Å². The van der Waals surface area contributed by atoms with E-state index in [1.165, 1.54) is 18.2 Å². The van der Waals surface area contributed by atoms with E-state index in [1.807, 2.05) is 0 Å². The molecule has 0 heterocycles. The van der Waals surface area contributed by atoms with Crippen LogP contribution in [0.25, 0.3) is 0 Å². The molecule has 0 unspecified atom stereocenters. The second kappa shape index (κ2) is 13.6. The van der Waals surface area contributed by atoms with Crippen molar-refractivity contribution < 1.29 is 35.6 Å². The quantitative estimate of drug-likeness (QED) is 0.295. The van der Waals surface area contributed by atoms with Crippen molar-refractivity contribution in [2.24, 2.45) is 0 Å². The standard InChI is InChI=1S/C31H33F4N3O4S/c1-43(41,42)38(26-16-9-13-24(19-26)31(33,34)35)21-29(39)37(20-23-12-5-8-17-27(23)32)28(18-22-10-3-2-4-11-22)30(40)36-25-14-6-7-15-25/h2-5,8-13,16-17,19,25,28H,6-7,14-15,18,20-21H2,1H3,(H,36,40)/t28-/m0/s1. The SMILES string of the molecule is CS(=O)(=O)N(CC(=O)N(Cc1ccccc1F)[C@@H](Cc1ccccc1)C(=O)NC1CCCC1)c1cccc(C(F)(F)F)c1. The van der Waals surface area contributed by atoms with Gasteiger partial charge in [-0.1, -0.05) is 67.4 Å². The number of amides is 2. The zero-order valence-electron chi connectivity index (χ0n) is 23.6. The Labute approximate surface area is 248 Å². The van der Waals surface area contributed by atoms with Gasteiger partial charge in [-0.05, 0) is 42.7 Å². The van der Waals surface area contributed by atoms with Crippen molar-refractivity contribution in [3.63, 3.8) is 0 Å². The maximum absolute atomic E-state index is 14.9. The lowest BCUT2D eigenvalue weighted by atomic mass is 10.0. The fraction of sp³-hybridized carbons (Fsp3) is 0.355. The Morgan fingerprint density at radius 3 is 2.23 bits per heavy atom. The highest BCUT2D eigenvalue weighted by atomic mass is 32.2. The molecule has 0 bridgehead atoms. The summed E-state index contributed by atoms with van der Waals surface area (Å²) >= 11 is 0. The minimum Gasteiger partial charge on any atom is -0.352 e. The minimum absolute atomic E-state index is 0.0437. The molecule has 7 nitrogen and oxygen atoms in total. The fourth-order valence-electron chi connectivity index (χ4n) is 5.18. The number of hydrogen-bond acceptors (Lipinski definition) is 4. The van der Waals surface area contributed by atoms with E-state index in [1.54, 1.807) is 36.4 Å². The third kappa shape index (κ3) is 8.56. The van der Waals surface area contributed by atoms with E-state index in [9.17, 15) is 35.6 Å². The van der Waals surface area contributed by atoms with Gasteiger partial charge in [0, 0.05) is 24.6 Å². The molecule has 3 aromatic rings. The monoisotopic (exact) mass is 619 g/mol. The van der Waals surface area contributed by atoms with Crippen LogP contribution in [0.4, 0.5) is 23.2 Å². The molecule has 1 fully saturated rings. The number of anilines is 1. The van der Waals surface area contributed by atoms with Crippen molar-refractivity contribution in [1.29, 1.82) is 0 Å². The van der Waals surface area contributed by atoms with E-state index in [0.29, 0.717) is 15.9 Å². The number of carbonyl (C=O) groups is 2. The van der Waals surface area contributed by atoms with Crippen molar-refractivity contribution in [3.05, 3.63) is 101 Å². The number of alkyl halides is 3. The number of hydrogen-bond donors (Lipinski definition) is 1. The highest BCUT2D eigenvalue weighted by molar-refractivity contribution is 7.92. The minimum atomic E-state index is -4.75. The molecule has 1 atom stereocenters. The second-order valence-corrected chi connectivity index (χ2v) is 12.5. The molecular formula is C31H33F4N3O4S. The summed E-state index contributed by atoms with van der Waals surface area (Å²) in [6.45, 7) is -1.28. The summed E-state index contributed by atoms with van der Waals surface area (Å²) in [5.41, 5.74) is -0.662. The second-order valence-electron chi connectivity index (χ2n) is 10.6. The highest BCUT2D eigenvalue weighted by Crippen LogP contribution is 2.32. The number of nitrogens with one attached hydrogen (secondary N) is 1. The molecule has 0 aliphatic heterocycles. The van der Waals surface area contributed by atoms with Gasteiger partial charge in [0.15, 0.2) is 0 Å². The molecule has 0 saturated heterocycles. The maximum atomic E-state index is 14.9. The number of carbonyl (C=O) groups excluding carboxylic acids is 2. The van der Waals surface area contributed by atoms with Crippen LogP contribution in [0.2, 0.25) is 0 Å². The number of benzene rings is 3. The summed E-state index contributed by atoms with van der Waals surface area (Å²) < 4.78 is 81.4. The van der Waals surface area contributed by atoms with Crippen molar-refractivity contribution in [3.8, 4) is 0 Å². The third-order valence-corrected chi connectivity index (χ3v) is 8.55. The molecule has 0 radical (unpaired) electrons. The summed E-state index contributed by atoms with van der Waals surface area (Å²) in [6, 6.07) is 16.9. The van der Waals surface area contributed by atoms with Gasteiger partial charge in [-0.2, -0.15) is 13.2 Å². The van der Waals surface area contributed by atoms with E-state index >= 15 is 0 Å². The van der Waals surface area contributed by atoms with Gasteiger partial charge in [0.25, 0.3) is 0 Å². The number of nitrogens with zero attached hydrogens (tertiary/aromatic N) is 2. The van der Waals surface area contributed by atoms with Crippen LogP contribution in [0, 0.1) is 5.82 Å². The molecule has 12 heteroatoms. The third-order valence-electron chi connectivity index (χ3n) is 7.41. The Balaban J connectivity index is 1.75. The van der Waals surface area contributed by atoms with E-state index < -0.39 is 52.0 Å². The van der Waals surface area contributed by atoms with E-state index in [0.717, 1.165) is 55.0 Å². The first kappa shape index (κ1) is 32.0. The molecule has 1 saturated carbocycles. The fourth-order valence-corrected chi connectivity index (χ4v) is 6.02. The Hall–Kier alpha value is -3.93. The van der Waals surface area contributed by atoms with Crippen molar-refractivity contribution >= 4 is 27.5 Å². The van der Waals surface area contributed by atoms with Crippen LogP contribution in [0.1, 0.15) is 42.4 Å². The van der Waals surface area contributed by atoms with Crippen molar-refractivity contribution in [1.82, 2.24) is 10.2 Å². The average molecular weight is 620 g/mol. The topological polar surface area (TPSA) is 86.8 Å². The molecule has 1 N–H and O–H groups in total. The summed E-state index contributed by atoms with van der Waals surface area (Å²) in [5.74, 6) is -1.99. The summed E-state index contributed by atoms with van der Waals surface area (Å²) in [6.07, 6.45) is -0.527. The van der Waals surface area contributed by atoms with Gasteiger partial charge >= 0.3 is 6.18 Å². The summed E-state index contributed by atoms with van der Waals surface area (Å²) in [5, 5.41) is 2.99. The molecule has 2 amide bonds. The molecule has 0 spiro atoms. The number of halogens is 4. The number of rotatable bonds is 11. The molecule has 4 rings (SSSR count). The molecule has 0 aromatic heterocycles. The lowest BCUT2D eigenvalue weighted by molar-refractivity contribution is -0.140. The first-order valence-corrected chi connectivity index (χ1v) is 15.7. The van der Waals surface area contributed by atoms with Gasteiger partial charge in [-0.25, -0.2) is 12.8 Å². The first-order valence-electron chi connectivity index (χ1n) is 13.8. The summed E-state index contributed by atoms with van der Waals surface area (Å²) in [7, 11) is -4.27. The van der Waals surface area contributed by atoms with E-state index in [4.69, 9.17) is 0 Å². The Bertz CT molecular complexity index is 1530. The molecular weight excluding hydrogens is 586 g/mol. The van der Waals surface area contributed by atoms with Crippen LogP contribution in [-0.4, -0.2) is 50.0 Å². The lowest BCUT2D eigenvalue weighted by Gasteiger charge is -2.34. The van der Waals surface area contributed by atoms with Crippen LogP contribution in [0.5, 0.6) is 0 Å². The molecule has 230 valence electrons. The Morgan fingerprint density at radius 1 is 0.953 bits per heavy atom.